The van der Waals surface area contributed by atoms with Gasteiger partial charge in [-0.15, -0.1) is 0 Å². The molecule has 0 spiro atoms. The minimum Gasteiger partial charge on any atom is -0.356 e. The van der Waals surface area contributed by atoms with E-state index in [9.17, 15) is 4.79 Å². The van der Waals surface area contributed by atoms with Crippen LogP contribution in [-0.4, -0.2) is 38.3 Å². The SMILES string of the molecule is Cc1nc2ccccn2c1C(=O)Nc1cc(N2CCCC2)ncn1. The molecule has 7 heteroatoms. The Kier molecular flexibility index (Phi) is 3.60. The number of aromatic nitrogens is 4. The Morgan fingerprint density at radius 1 is 1.21 bits per heavy atom. The predicted octanol–water partition coefficient (Wildman–Crippen LogP) is 2.29. The number of nitrogens with zero attached hydrogens (tertiary/aromatic N) is 5. The molecule has 0 bridgehead atoms. The summed E-state index contributed by atoms with van der Waals surface area (Å²) >= 11 is 0. The highest BCUT2D eigenvalue weighted by atomic mass is 16.2. The van der Waals surface area contributed by atoms with Gasteiger partial charge in [0.05, 0.1) is 5.69 Å². The van der Waals surface area contributed by atoms with Crippen molar-refractivity contribution in [3.05, 3.63) is 48.2 Å². The quantitative estimate of drug-likeness (QED) is 0.801. The van der Waals surface area contributed by atoms with Crippen molar-refractivity contribution in [1.82, 2.24) is 19.4 Å². The van der Waals surface area contributed by atoms with Crippen molar-refractivity contribution in [2.24, 2.45) is 0 Å². The minimum atomic E-state index is -0.225. The molecule has 0 aliphatic carbocycles. The van der Waals surface area contributed by atoms with Crippen LogP contribution in [0.1, 0.15) is 29.0 Å². The van der Waals surface area contributed by atoms with Crippen LogP contribution in [-0.2, 0) is 0 Å². The smallest absolute Gasteiger partial charge is 0.275 e. The monoisotopic (exact) mass is 322 g/mol. The molecule has 0 unspecified atom stereocenters. The molecular weight excluding hydrogens is 304 g/mol. The lowest BCUT2D eigenvalue weighted by Gasteiger charge is -2.16. The van der Waals surface area contributed by atoms with Gasteiger partial charge in [-0.25, -0.2) is 15.0 Å². The maximum Gasteiger partial charge on any atom is 0.275 e. The first-order chi connectivity index (χ1) is 11.7. The van der Waals surface area contributed by atoms with Crippen molar-refractivity contribution in [3.63, 3.8) is 0 Å². The van der Waals surface area contributed by atoms with Crippen molar-refractivity contribution in [3.8, 4) is 0 Å². The van der Waals surface area contributed by atoms with Gasteiger partial charge in [0.1, 0.15) is 29.3 Å². The highest BCUT2D eigenvalue weighted by molar-refractivity contribution is 6.04. The van der Waals surface area contributed by atoms with Gasteiger partial charge in [-0.3, -0.25) is 9.20 Å². The Bertz CT molecular complexity index is 897. The number of aryl methyl sites for hydroxylation is 1. The molecule has 4 rings (SSSR count). The van der Waals surface area contributed by atoms with Crippen LogP contribution in [0.25, 0.3) is 5.65 Å². The molecule has 1 fully saturated rings. The number of imidazole rings is 1. The van der Waals surface area contributed by atoms with Gasteiger partial charge in [-0.05, 0) is 31.9 Å². The van der Waals surface area contributed by atoms with Gasteiger partial charge < -0.3 is 10.2 Å². The first-order valence-corrected chi connectivity index (χ1v) is 8.04. The largest absolute Gasteiger partial charge is 0.356 e. The Hall–Kier alpha value is -2.96. The molecule has 0 radical (unpaired) electrons. The molecule has 1 aliphatic rings. The average molecular weight is 322 g/mol. The summed E-state index contributed by atoms with van der Waals surface area (Å²) < 4.78 is 1.78. The summed E-state index contributed by atoms with van der Waals surface area (Å²) in [6.45, 7) is 3.82. The molecule has 0 saturated carbocycles. The molecule has 1 amide bonds. The number of pyridine rings is 1. The van der Waals surface area contributed by atoms with E-state index in [0.717, 1.165) is 24.6 Å². The van der Waals surface area contributed by atoms with Gasteiger partial charge >= 0.3 is 0 Å². The van der Waals surface area contributed by atoms with E-state index in [4.69, 9.17) is 0 Å². The summed E-state index contributed by atoms with van der Waals surface area (Å²) in [7, 11) is 0. The summed E-state index contributed by atoms with van der Waals surface area (Å²) in [5, 5.41) is 2.86. The van der Waals surface area contributed by atoms with Crippen LogP contribution in [0.2, 0.25) is 0 Å². The summed E-state index contributed by atoms with van der Waals surface area (Å²) in [5.74, 6) is 1.13. The van der Waals surface area contributed by atoms with Gasteiger partial charge in [0, 0.05) is 25.4 Å². The lowest BCUT2D eigenvalue weighted by molar-refractivity contribution is 0.102. The minimum absolute atomic E-state index is 0.225. The number of amides is 1. The second-order valence-electron chi connectivity index (χ2n) is 5.88. The first-order valence-electron chi connectivity index (χ1n) is 8.04. The fourth-order valence-corrected chi connectivity index (χ4v) is 3.10. The van der Waals surface area contributed by atoms with Crippen LogP contribution in [0, 0.1) is 6.92 Å². The fourth-order valence-electron chi connectivity index (χ4n) is 3.10. The van der Waals surface area contributed by atoms with Gasteiger partial charge in [-0.2, -0.15) is 0 Å². The van der Waals surface area contributed by atoms with Crippen LogP contribution >= 0.6 is 0 Å². The van der Waals surface area contributed by atoms with Crippen LogP contribution in [0.15, 0.2) is 36.8 Å². The van der Waals surface area contributed by atoms with E-state index in [1.165, 1.54) is 19.2 Å². The maximum absolute atomic E-state index is 12.7. The zero-order valence-corrected chi connectivity index (χ0v) is 13.4. The number of hydrogen-bond donors (Lipinski definition) is 1. The highest BCUT2D eigenvalue weighted by Gasteiger charge is 2.18. The Morgan fingerprint density at radius 3 is 2.88 bits per heavy atom. The number of anilines is 2. The highest BCUT2D eigenvalue weighted by Crippen LogP contribution is 2.20. The van der Waals surface area contributed by atoms with Crippen molar-refractivity contribution in [2.45, 2.75) is 19.8 Å². The van der Waals surface area contributed by atoms with E-state index in [-0.39, 0.29) is 5.91 Å². The van der Waals surface area contributed by atoms with Crippen molar-refractivity contribution < 1.29 is 4.79 Å². The number of fused-ring (bicyclic) bond motifs is 1. The number of carbonyl (C=O) groups excluding carboxylic acids is 1. The summed E-state index contributed by atoms with van der Waals surface area (Å²) in [6, 6.07) is 7.47. The van der Waals surface area contributed by atoms with E-state index >= 15 is 0 Å². The third-order valence-electron chi connectivity index (χ3n) is 4.24. The van der Waals surface area contributed by atoms with Crippen molar-refractivity contribution in [2.75, 3.05) is 23.3 Å². The zero-order valence-electron chi connectivity index (χ0n) is 13.4. The van der Waals surface area contributed by atoms with Gasteiger partial charge in [0.25, 0.3) is 5.91 Å². The van der Waals surface area contributed by atoms with E-state index in [1.807, 2.05) is 37.4 Å². The summed E-state index contributed by atoms with van der Waals surface area (Å²) in [5.41, 5.74) is 1.96. The third kappa shape index (κ3) is 2.58. The Morgan fingerprint density at radius 2 is 2.04 bits per heavy atom. The standard InChI is InChI=1S/C17H18N6O/c1-12-16(23-9-3-2-6-14(23)20-12)17(24)21-13-10-15(19-11-18-13)22-7-4-5-8-22/h2-3,6,9-11H,4-5,7-8H2,1H3,(H,18,19,21,24). The second-order valence-corrected chi connectivity index (χ2v) is 5.88. The molecule has 0 aromatic carbocycles. The zero-order chi connectivity index (χ0) is 16.5. The molecule has 1 aliphatic heterocycles. The number of carbonyl (C=O) groups is 1. The van der Waals surface area contributed by atoms with E-state index < -0.39 is 0 Å². The molecule has 0 atom stereocenters. The van der Waals surface area contributed by atoms with E-state index in [1.54, 1.807) is 4.40 Å². The van der Waals surface area contributed by atoms with Crippen LogP contribution in [0.4, 0.5) is 11.6 Å². The predicted molar refractivity (Wildman–Crippen MR) is 91.4 cm³/mol. The molecule has 122 valence electrons. The summed E-state index contributed by atoms with van der Waals surface area (Å²) in [6.07, 6.45) is 5.67. The molecule has 3 aromatic rings. The van der Waals surface area contributed by atoms with Crippen LogP contribution < -0.4 is 10.2 Å². The second kappa shape index (κ2) is 5.92. The topological polar surface area (TPSA) is 75.4 Å². The normalized spacial score (nSPS) is 14.3. The Balaban J connectivity index is 1.61. The van der Waals surface area contributed by atoms with Crippen molar-refractivity contribution >= 4 is 23.2 Å². The maximum atomic E-state index is 12.7. The molecule has 3 aromatic heterocycles. The molecule has 24 heavy (non-hydrogen) atoms. The third-order valence-corrected chi connectivity index (χ3v) is 4.24. The number of rotatable bonds is 3. The van der Waals surface area contributed by atoms with E-state index in [0.29, 0.717) is 17.2 Å². The van der Waals surface area contributed by atoms with Gasteiger partial charge in [-0.1, -0.05) is 6.07 Å². The fraction of sp³-hybridized carbons (Fsp3) is 0.294. The molecule has 7 nitrogen and oxygen atoms in total. The van der Waals surface area contributed by atoms with Crippen LogP contribution in [0.5, 0.6) is 0 Å². The number of nitrogens with one attached hydrogen (secondary N) is 1. The van der Waals surface area contributed by atoms with Gasteiger partial charge in [0.2, 0.25) is 0 Å². The van der Waals surface area contributed by atoms with Gasteiger partial charge in [0.15, 0.2) is 0 Å². The molecular formula is C17H18N6O. The van der Waals surface area contributed by atoms with E-state index in [2.05, 4.69) is 25.2 Å². The first kappa shape index (κ1) is 14.6. The van der Waals surface area contributed by atoms with Crippen molar-refractivity contribution in [1.29, 1.82) is 0 Å². The Labute approximate surface area is 139 Å². The molecule has 1 N–H and O–H groups in total. The molecule has 1 saturated heterocycles. The van der Waals surface area contributed by atoms with Crippen LogP contribution in [0.3, 0.4) is 0 Å². The number of hydrogen-bond acceptors (Lipinski definition) is 5. The molecule has 4 heterocycles. The summed E-state index contributed by atoms with van der Waals surface area (Å²) in [4.78, 5) is 27.8. The lowest BCUT2D eigenvalue weighted by atomic mass is 10.3. The average Bonchev–Trinajstić information content (AvgIpc) is 3.21. The lowest BCUT2D eigenvalue weighted by Crippen LogP contribution is -2.20.